The van der Waals surface area contributed by atoms with Crippen molar-refractivity contribution in [1.82, 2.24) is 15.0 Å². The Balaban J connectivity index is 1.58. The number of ketones is 1. The van der Waals surface area contributed by atoms with E-state index in [4.69, 9.17) is 0 Å². The average Bonchev–Trinajstić information content (AvgIpc) is 3.19. The summed E-state index contributed by atoms with van der Waals surface area (Å²) in [5.74, 6) is -0.185. The number of pyridine rings is 1. The average molecular weight is 380 g/mol. The Hall–Kier alpha value is -2.80. The summed E-state index contributed by atoms with van der Waals surface area (Å²) in [5, 5.41) is 5.19. The number of nitrogens with one attached hydrogen (secondary N) is 2. The zero-order valence-electron chi connectivity index (χ0n) is 15.4. The first-order valence-electron chi connectivity index (χ1n) is 8.77. The van der Waals surface area contributed by atoms with E-state index in [1.54, 1.807) is 6.20 Å². The second kappa shape index (κ2) is 6.42. The van der Waals surface area contributed by atoms with Gasteiger partial charge in [0.05, 0.1) is 5.69 Å². The van der Waals surface area contributed by atoms with Crippen LogP contribution in [-0.4, -0.2) is 26.6 Å². The zero-order chi connectivity index (χ0) is 19.2. The largest absolute Gasteiger partial charge is 0.354 e. The third-order valence-electron chi connectivity index (χ3n) is 4.78. The third-order valence-corrected chi connectivity index (χ3v) is 5.54. The van der Waals surface area contributed by atoms with Crippen molar-refractivity contribution >= 4 is 28.2 Å². The minimum Gasteiger partial charge on any atom is -0.354 e. The first kappa shape index (κ1) is 17.6. The van der Waals surface area contributed by atoms with Crippen LogP contribution in [0, 0.1) is 12.3 Å². The molecule has 0 spiro atoms. The molecule has 0 saturated carbocycles. The first-order chi connectivity index (χ1) is 12.8. The standard InChI is InChI=1S/C20H20N4O2S/c1-11-16-13(8-20(2,3)9-15(16)25)22-17(11)18(26)24-19-23-14(10-27-19)12-6-4-5-7-21-12/h4-7,10,22H,8-9H2,1-3H3,(H,23,24,26). The lowest BCUT2D eigenvalue weighted by Crippen LogP contribution is -2.26. The number of fused-ring (bicyclic) bond motifs is 1. The normalized spacial score (nSPS) is 15.4. The Morgan fingerprint density at radius 2 is 2.07 bits per heavy atom. The molecular weight excluding hydrogens is 360 g/mol. The van der Waals surface area contributed by atoms with E-state index in [1.807, 2.05) is 30.5 Å². The molecule has 0 unspecified atom stereocenters. The molecule has 2 N–H and O–H groups in total. The van der Waals surface area contributed by atoms with Crippen molar-refractivity contribution in [2.75, 3.05) is 5.32 Å². The highest BCUT2D eigenvalue weighted by Crippen LogP contribution is 2.37. The van der Waals surface area contributed by atoms with Crippen molar-refractivity contribution in [2.45, 2.75) is 33.6 Å². The monoisotopic (exact) mass is 380 g/mol. The molecule has 1 amide bonds. The molecule has 6 nitrogen and oxygen atoms in total. The van der Waals surface area contributed by atoms with Gasteiger partial charge in [-0.15, -0.1) is 11.3 Å². The molecule has 0 bridgehead atoms. The number of amides is 1. The lowest BCUT2D eigenvalue weighted by molar-refractivity contribution is 0.0910. The van der Waals surface area contributed by atoms with Gasteiger partial charge in [-0.1, -0.05) is 19.9 Å². The number of nitrogens with zero attached hydrogens (tertiary/aromatic N) is 2. The molecule has 0 saturated heterocycles. The van der Waals surface area contributed by atoms with E-state index < -0.39 is 0 Å². The van der Waals surface area contributed by atoms with E-state index in [-0.39, 0.29) is 17.1 Å². The third kappa shape index (κ3) is 3.30. The number of hydrogen-bond acceptors (Lipinski definition) is 5. The Morgan fingerprint density at radius 1 is 1.26 bits per heavy atom. The van der Waals surface area contributed by atoms with Crippen LogP contribution in [0.5, 0.6) is 0 Å². The number of thiazole rings is 1. The first-order valence-corrected chi connectivity index (χ1v) is 9.65. The van der Waals surface area contributed by atoms with Gasteiger partial charge in [-0.25, -0.2) is 4.98 Å². The molecule has 0 fully saturated rings. The minimum atomic E-state index is -0.283. The van der Waals surface area contributed by atoms with E-state index in [0.717, 1.165) is 23.5 Å². The molecule has 138 valence electrons. The van der Waals surface area contributed by atoms with Crippen LogP contribution < -0.4 is 5.32 Å². The topological polar surface area (TPSA) is 87.7 Å². The molecule has 1 aliphatic rings. The van der Waals surface area contributed by atoms with Crippen LogP contribution in [0.1, 0.15) is 52.4 Å². The number of Topliss-reactive ketones (excluding diaryl/α,β-unsaturated/α-hetero) is 1. The van der Waals surface area contributed by atoms with Crippen LogP contribution in [-0.2, 0) is 6.42 Å². The Bertz CT molecular complexity index is 1030. The Labute approximate surface area is 161 Å². The molecule has 4 rings (SSSR count). The van der Waals surface area contributed by atoms with Gasteiger partial charge >= 0.3 is 0 Å². The highest BCUT2D eigenvalue weighted by Gasteiger charge is 2.35. The number of aromatic nitrogens is 3. The fourth-order valence-electron chi connectivity index (χ4n) is 3.58. The lowest BCUT2D eigenvalue weighted by atomic mass is 9.75. The van der Waals surface area contributed by atoms with Crippen molar-refractivity contribution in [2.24, 2.45) is 5.41 Å². The van der Waals surface area contributed by atoms with Crippen molar-refractivity contribution < 1.29 is 9.59 Å². The summed E-state index contributed by atoms with van der Waals surface area (Å²) in [6.07, 6.45) is 2.96. The smallest absolute Gasteiger partial charge is 0.274 e. The molecule has 0 aromatic carbocycles. The molecule has 7 heteroatoms. The predicted octanol–water partition coefficient (Wildman–Crippen LogP) is 4.25. The summed E-state index contributed by atoms with van der Waals surface area (Å²) in [5.41, 5.74) is 4.05. The molecular formula is C20H20N4O2S. The number of carbonyl (C=O) groups is 2. The molecule has 0 radical (unpaired) electrons. The number of carbonyl (C=O) groups excluding carboxylic acids is 2. The minimum absolute atomic E-state index is 0.0952. The van der Waals surface area contributed by atoms with Crippen LogP contribution >= 0.6 is 11.3 Å². The summed E-state index contributed by atoms with van der Waals surface area (Å²) in [7, 11) is 0. The number of rotatable bonds is 3. The van der Waals surface area contributed by atoms with Crippen molar-refractivity contribution in [1.29, 1.82) is 0 Å². The van der Waals surface area contributed by atoms with Crippen LogP contribution in [0.25, 0.3) is 11.4 Å². The molecule has 0 atom stereocenters. The fourth-order valence-corrected chi connectivity index (χ4v) is 4.28. The van der Waals surface area contributed by atoms with E-state index in [0.29, 0.717) is 28.4 Å². The maximum absolute atomic E-state index is 12.8. The maximum atomic E-state index is 12.8. The van der Waals surface area contributed by atoms with E-state index in [2.05, 4.69) is 34.1 Å². The van der Waals surface area contributed by atoms with Crippen LogP contribution in [0.3, 0.4) is 0 Å². The number of anilines is 1. The van der Waals surface area contributed by atoms with Gasteiger partial charge in [0.1, 0.15) is 11.4 Å². The van der Waals surface area contributed by atoms with Gasteiger partial charge in [0.25, 0.3) is 5.91 Å². The van der Waals surface area contributed by atoms with Crippen LogP contribution in [0.2, 0.25) is 0 Å². The molecule has 1 aliphatic carbocycles. The summed E-state index contributed by atoms with van der Waals surface area (Å²) >= 11 is 1.34. The molecule has 3 aromatic heterocycles. The van der Waals surface area contributed by atoms with E-state index in [1.165, 1.54) is 11.3 Å². The summed E-state index contributed by atoms with van der Waals surface area (Å²) in [6, 6.07) is 5.61. The lowest BCUT2D eigenvalue weighted by Gasteiger charge is -2.28. The zero-order valence-corrected chi connectivity index (χ0v) is 16.2. The maximum Gasteiger partial charge on any atom is 0.274 e. The van der Waals surface area contributed by atoms with Gasteiger partial charge in [0.15, 0.2) is 10.9 Å². The highest BCUT2D eigenvalue weighted by atomic mass is 32.1. The van der Waals surface area contributed by atoms with Crippen molar-refractivity contribution in [3.8, 4) is 11.4 Å². The van der Waals surface area contributed by atoms with E-state index in [9.17, 15) is 9.59 Å². The van der Waals surface area contributed by atoms with Crippen molar-refractivity contribution in [3.63, 3.8) is 0 Å². The second-order valence-electron chi connectivity index (χ2n) is 7.63. The summed E-state index contributed by atoms with van der Waals surface area (Å²) in [4.78, 5) is 37.2. The second-order valence-corrected chi connectivity index (χ2v) is 8.48. The van der Waals surface area contributed by atoms with Crippen LogP contribution in [0.15, 0.2) is 29.8 Å². The quantitative estimate of drug-likeness (QED) is 0.711. The number of hydrogen-bond donors (Lipinski definition) is 2. The van der Waals surface area contributed by atoms with Crippen molar-refractivity contribution in [3.05, 3.63) is 52.3 Å². The van der Waals surface area contributed by atoms with Crippen LogP contribution in [0.4, 0.5) is 5.13 Å². The summed E-state index contributed by atoms with van der Waals surface area (Å²) < 4.78 is 0. The van der Waals surface area contributed by atoms with E-state index >= 15 is 0 Å². The Kier molecular flexibility index (Phi) is 4.19. The SMILES string of the molecule is Cc1c(C(=O)Nc2nc(-c3ccccn3)cs2)[nH]c2c1C(=O)CC(C)(C)C2. The number of aromatic amines is 1. The van der Waals surface area contributed by atoms with Gasteiger partial charge in [-0.2, -0.15) is 0 Å². The molecule has 0 aliphatic heterocycles. The summed E-state index contributed by atoms with van der Waals surface area (Å²) in [6.45, 7) is 5.96. The van der Waals surface area contributed by atoms with Gasteiger partial charge in [-0.3, -0.25) is 19.9 Å². The van der Waals surface area contributed by atoms with Gasteiger partial charge in [0.2, 0.25) is 0 Å². The highest BCUT2D eigenvalue weighted by molar-refractivity contribution is 7.14. The Morgan fingerprint density at radius 3 is 2.81 bits per heavy atom. The predicted molar refractivity (Wildman–Crippen MR) is 105 cm³/mol. The van der Waals surface area contributed by atoms with Gasteiger partial charge in [-0.05, 0) is 36.5 Å². The fraction of sp³-hybridized carbons (Fsp3) is 0.300. The van der Waals surface area contributed by atoms with Gasteiger partial charge < -0.3 is 4.98 Å². The molecule has 27 heavy (non-hydrogen) atoms. The molecule has 3 aromatic rings. The molecule has 3 heterocycles. The number of H-pyrrole nitrogens is 1. The van der Waals surface area contributed by atoms with Gasteiger partial charge in [0, 0.05) is 29.3 Å².